The van der Waals surface area contributed by atoms with E-state index in [1.54, 1.807) is 60.7 Å². The molecule has 0 aromatic heterocycles. The van der Waals surface area contributed by atoms with E-state index < -0.39 is 23.5 Å². The van der Waals surface area contributed by atoms with Gasteiger partial charge in [-0.2, -0.15) is 0 Å². The van der Waals surface area contributed by atoms with Crippen LogP contribution in [0.1, 0.15) is 52.6 Å². The van der Waals surface area contributed by atoms with Crippen LogP contribution in [0.15, 0.2) is 97.1 Å². The molecule has 0 aliphatic heterocycles. The van der Waals surface area contributed by atoms with Crippen LogP contribution in [0.4, 0.5) is 0 Å². The van der Waals surface area contributed by atoms with Crippen LogP contribution in [-0.2, 0) is 0 Å². The van der Waals surface area contributed by atoms with E-state index >= 15 is 0 Å². The molecule has 6 nitrogen and oxygen atoms in total. The molecule has 0 amide bonds. The Bertz CT molecular complexity index is 1340. The fourth-order valence-corrected chi connectivity index (χ4v) is 3.81. The summed E-state index contributed by atoms with van der Waals surface area (Å²) >= 11 is 0. The minimum atomic E-state index is -0.648. The summed E-state index contributed by atoms with van der Waals surface area (Å²) < 4.78 is 11.0. The Hall–Kier alpha value is -4.84. The van der Waals surface area contributed by atoms with Crippen LogP contribution >= 0.6 is 0 Å². The van der Waals surface area contributed by atoms with Gasteiger partial charge in [0.2, 0.25) is 0 Å². The SMILES string of the molecule is O=C(Oc1cccc2c1C(=O)c1cccc(OC(=O)c3ccccc3)c1C2=O)c1ccccc1. The summed E-state index contributed by atoms with van der Waals surface area (Å²) in [4.78, 5) is 52.0. The van der Waals surface area contributed by atoms with Crippen molar-refractivity contribution in [3.63, 3.8) is 0 Å². The maximum absolute atomic E-state index is 13.4. The largest absolute Gasteiger partial charge is 0.422 e. The zero-order valence-electron chi connectivity index (χ0n) is 17.7. The molecular weight excluding hydrogens is 432 g/mol. The van der Waals surface area contributed by atoms with Crippen molar-refractivity contribution < 1.29 is 28.7 Å². The third-order valence-electron chi connectivity index (χ3n) is 5.42. The van der Waals surface area contributed by atoms with Gasteiger partial charge in [0, 0.05) is 11.1 Å². The standard InChI is InChI=1S/C28H16O6/c29-25-20-14-8-16-22(34-28(32)18-11-5-2-6-12-18)24(20)26(30)19-13-7-15-21(23(19)25)33-27(31)17-9-3-1-4-10-17/h1-16H. The van der Waals surface area contributed by atoms with Crippen LogP contribution in [-0.4, -0.2) is 23.5 Å². The molecule has 4 aromatic carbocycles. The van der Waals surface area contributed by atoms with Gasteiger partial charge in [0.15, 0.2) is 11.6 Å². The number of benzene rings is 4. The van der Waals surface area contributed by atoms with Crippen LogP contribution in [0.5, 0.6) is 11.5 Å². The predicted molar refractivity (Wildman–Crippen MR) is 123 cm³/mol. The summed E-state index contributed by atoms with van der Waals surface area (Å²) in [7, 11) is 0. The van der Waals surface area contributed by atoms with Crippen molar-refractivity contribution in [1.29, 1.82) is 0 Å². The van der Waals surface area contributed by atoms with Crippen LogP contribution in [0.25, 0.3) is 0 Å². The molecule has 0 bridgehead atoms. The zero-order chi connectivity index (χ0) is 23.7. The van der Waals surface area contributed by atoms with E-state index in [2.05, 4.69) is 0 Å². The monoisotopic (exact) mass is 448 g/mol. The van der Waals surface area contributed by atoms with Crippen molar-refractivity contribution in [3.8, 4) is 11.5 Å². The van der Waals surface area contributed by atoms with Gasteiger partial charge in [0.1, 0.15) is 11.5 Å². The Morgan fingerprint density at radius 1 is 0.471 bits per heavy atom. The van der Waals surface area contributed by atoms with E-state index in [-0.39, 0.29) is 33.8 Å². The predicted octanol–water partition coefficient (Wildman–Crippen LogP) is 4.90. The number of fused-ring (bicyclic) bond motifs is 2. The van der Waals surface area contributed by atoms with E-state index in [0.717, 1.165) is 0 Å². The fourth-order valence-electron chi connectivity index (χ4n) is 3.81. The highest BCUT2D eigenvalue weighted by atomic mass is 16.5. The van der Waals surface area contributed by atoms with Gasteiger partial charge in [0.25, 0.3) is 0 Å². The molecule has 4 aromatic rings. The Labute approximate surface area is 194 Å². The van der Waals surface area contributed by atoms with Gasteiger partial charge in [-0.1, -0.05) is 60.7 Å². The first-order valence-electron chi connectivity index (χ1n) is 10.4. The van der Waals surface area contributed by atoms with Crippen molar-refractivity contribution in [2.45, 2.75) is 0 Å². The summed E-state index contributed by atoms with van der Waals surface area (Å²) in [6.07, 6.45) is 0. The molecule has 0 fully saturated rings. The maximum atomic E-state index is 13.4. The van der Waals surface area contributed by atoms with Gasteiger partial charge in [-0.3, -0.25) is 9.59 Å². The highest BCUT2D eigenvalue weighted by Gasteiger charge is 2.35. The quantitative estimate of drug-likeness (QED) is 0.287. The number of ether oxygens (including phenoxy) is 2. The van der Waals surface area contributed by atoms with E-state index in [4.69, 9.17) is 9.47 Å². The Morgan fingerprint density at radius 3 is 1.24 bits per heavy atom. The van der Waals surface area contributed by atoms with E-state index in [0.29, 0.717) is 11.1 Å². The molecule has 0 radical (unpaired) electrons. The number of hydrogen-bond donors (Lipinski definition) is 0. The molecule has 5 rings (SSSR count). The van der Waals surface area contributed by atoms with Gasteiger partial charge in [-0.15, -0.1) is 0 Å². The van der Waals surface area contributed by atoms with Gasteiger partial charge < -0.3 is 9.47 Å². The summed E-state index contributed by atoms with van der Waals surface area (Å²) in [6.45, 7) is 0. The number of carbonyl (C=O) groups excluding carboxylic acids is 4. The Morgan fingerprint density at radius 2 is 0.853 bits per heavy atom. The van der Waals surface area contributed by atoms with E-state index in [1.165, 1.54) is 36.4 Å². The smallest absolute Gasteiger partial charge is 0.343 e. The Kier molecular flexibility index (Phi) is 5.32. The highest BCUT2D eigenvalue weighted by molar-refractivity contribution is 6.30. The molecule has 0 atom stereocenters. The lowest BCUT2D eigenvalue weighted by Crippen LogP contribution is -2.24. The third kappa shape index (κ3) is 3.67. The molecule has 0 saturated carbocycles. The molecule has 0 spiro atoms. The fraction of sp³-hybridized carbons (Fsp3) is 0. The summed E-state index contributed by atoms with van der Waals surface area (Å²) in [5, 5.41) is 0. The molecule has 0 heterocycles. The van der Waals surface area contributed by atoms with Crippen molar-refractivity contribution in [1.82, 2.24) is 0 Å². The second-order valence-electron chi connectivity index (χ2n) is 7.53. The minimum Gasteiger partial charge on any atom is -0.422 e. The van der Waals surface area contributed by atoms with E-state index in [9.17, 15) is 19.2 Å². The maximum Gasteiger partial charge on any atom is 0.343 e. The van der Waals surface area contributed by atoms with Crippen LogP contribution in [0, 0.1) is 0 Å². The molecule has 34 heavy (non-hydrogen) atoms. The van der Waals surface area contributed by atoms with Crippen molar-refractivity contribution in [2.24, 2.45) is 0 Å². The molecule has 0 N–H and O–H groups in total. The minimum absolute atomic E-state index is 0.00387. The number of esters is 2. The van der Waals surface area contributed by atoms with Crippen LogP contribution in [0.2, 0.25) is 0 Å². The Balaban J connectivity index is 1.52. The summed E-state index contributed by atoms with van der Waals surface area (Å²) in [5.74, 6) is -2.32. The van der Waals surface area contributed by atoms with Crippen molar-refractivity contribution in [3.05, 3.63) is 130 Å². The molecule has 0 saturated heterocycles. The average Bonchev–Trinajstić information content (AvgIpc) is 2.88. The first-order chi connectivity index (χ1) is 16.5. The average molecular weight is 448 g/mol. The topological polar surface area (TPSA) is 86.7 Å². The number of carbonyl (C=O) groups is 4. The normalized spacial score (nSPS) is 11.9. The van der Waals surface area contributed by atoms with Crippen LogP contribution in [0.3, 0.4) is 0 Å². The highest BCUT2D eigenvalue weighted by Crippen LogP contribution is 2.37. The first-order valence-corrected chi connectivity index (χ1v) is 10.4. The molecule has 6 heteroatoms. The first kappa shape index (κ1) is 21.0. The summed E-state index contributed by atoms with van der Waals surface area (Å²) in [6, 6.07) is 25.6. The lowest BCUT2D eigenvalue weighted by molar-refractivity contribution is 0.0718. The van der Waals surface area contributed by atoms with E-state index in [1.807, 2.05) is 0 Å². The molecule has 1 aliphatic rings. The lowest BCUT2D eigenvalue weighted by atomic mass is 9.83. The number of rotatable bonds is 4. The third-order valence-corrected chi connectivity index (χ3v) is 5.42. The van der Waals surface area contributed by atoms with Gasteiger partial charge in [-0.25, -0.2) is 9.59 Å². The lowest BCUT2D eigenvalue weighted by Gasteiger charge is -2.21. The molecule has 164 valence electrons. The number of hydrogen-bond acceptors (Lipinski definition) is 6. The molecule has 0 unspecified atom stereocenters. The number of ketones is 2. The summed E-state index contributed by atoms with van der Waals surface area (Å²) in [5.41, 5.74) is 0.750. The van der Waals surface area contributed by atoms with Crippen molar-refractivity contribution in [2.75, 3.05) is 0 Å². The van der Waals surface area contributed by atoms with Gasteiger partial charge >= 0.3 is 11.9 Å². The van der Waals surface area contributed by atoms with Crippen molar-refractivity contribution >= 4 is 23.5 Å². The molecular formula is C28H16O6. The molecule has 1 aliphatic carbocycles. The second kappa shape index (κ2) is 8.60. The second-order valence-corrected chi connectivity index (χ2v) is 7.53. The van der Waals surface area contributed by atoms with Gasteiger partial charge in [-0.05, 0) is 36.4 Å². The zero-order valence-corrected chi connectivity index (χ0v) is 17.7. The van der Waals surface area contributed by atoms with Gasteiger partial charge in [0.05, 0.1) is 22.3 Å². The van der Waals surface area contributed by atoms with Crippen LogP contribution < -0.4 is 9.47 Å².